The standard InChI is InChI=1S/C13H20N2O2S/c1-4-15(11-6-7-11)18(16,17)13-10(3)9(2)5-8-12(13)14/h5,8,11H,4,6-7,14H2,1-3H3. The highest BCUT2D eigenvalue weighted by Crippen LogP contribution is 2.35. The van der Waals surface area contributed by atoms with Gasteiger partial charge in [0.25, 0.3) is 0 Å². The molecule has 0 spiro atoms. The summed E-state index contributed by atoms with van der Waals surface area (Å²) < 4.78 is 26.9. The van der Waals surface area contributed by atoms with E-state index in [1.807, 2.05) is 26.8 Å². The molecular formula is C13H20N2O2S. The van der Waals surface area contributed by atoms with Crippen LogP contribution in [0.5, 0.6) is 0 Å². The Morgan fingerprint density at radius 1 is 1.33 bits per heavy atom. The molecule has 0 aliphatic heterocycles. The number of hydrogen-bond acceptors (Lipinski definition) is 3. The zero-order chi connectivity index (χ0) is 13.5. The van der Waals surface area contributed by atoms with E-state index in [-0.39, 0.29) is 10.9 Å². The Morgan fingerprint density at radius 3 is 2.44 bits per heavy atom. The lowest BCUT2D eigenvalue weighted by Crippen LogP contribution is -2.34. The summed E-state index contributed by atoms with van der Waals surface area (Å²) in [6.07, 6.45) is 1.91. The average Bonchev–Trinajstić information content (AvgIpc) is 3.08. The monoisotopic (exact) mass is 268 g/mol. The van der Waals surface area contributed by atoms with Crippen molar-refractivity contribution in [1.82, 2.24) is 4.31 Å². The summed E-state index contributed by atoms with van der Waals surface area (Å²) in [6, 6.07) is 3.70. The van der Waals surface area contributed by atoms with E-state index in [4.69, 9.17) is 5.73 Å². The number of nitrogen functional groups attached to an aromatic ring is 1. The van der Waals surface area contributed by atoms with E-state index >= 15 is 0 Å². The van der Waals surface area contributed by atoms with Gasteiger partial charge >= 0.3 is 0 Å². The lowest BCUT2D eigenvalue weighted by molar-refractivity contribution is 0.421. The molecule has 0 amide bonds. The highest BCUT2D eigenvalue weighted by atomic mass is 32.2. The van der Waals surface area contributed by atoms with Crippen molar-refractivity contribution in [3.05, 3.63) is 23.3 Å². The molecular weight excluding hydrogens is 248 g/mol. The average molecular weight is 268 g/mol. The maximum absolute atomic E-state index is 12.7. The van der Waals surface area contributed by atoms with Crippen LogP contribution >= 0.6 is 0 Å². The molecule has 0 heterocycles. The number of anilines is 1. The molecule has 1 saturated carbocycles. The Kier molecular flexibility index (Phi) is 3.38. The molecule has 0 saturated heterocycles. The molecule has 1 aliphatic carbocycles. The molecule has 2 rings (SSSR count). The lowest BCUT2D eigenvalue weighted by Gasteiger charge is -2.22. The number of aryl methyl sites for hydroxylation is 1. The second-order valence-electron chi connectivity index (χ2n) is 4.87. The number of nitrogens with zero attached hydrogens (tertiary/aromatic N) is 1. The highest BCUT2D eigenvalue weighted by Gasteiger charge is 2.38. The van der Waals surface area contributed by atoms with Crippen molar-refractivity contribution in [1.29, 1.82) is 0 Å². The molecule has 2 N–H and O–H groups in total. The number of hydrogen-bond donors (Lipinski definition) is 1. The fourth-order valence-corrected chi connectivity index (χ4v) is 4.35. The minimum absolute atomic E-state index is 0.166. The molecule has 0 aromatic heterocycles. The zero-order valence-electron chi connectivity index (χ0n) is 11.1. The van der Waals surface area contributed by atoms with Crippen molar-refractivity contribution in [2.75, 3.05) is 12.3 Å². The van der Waals surface area contributed by atoms with Gasteiger partial charge in [0.05, 0.1) is 5.69 Å². The van der Waals surface area contributed by atoms with Crippen molar-refractivity contribution in [3.8, 4) is 0 Å². The van der Waals surface area contributed by atoms with E-state index < -0.39 is 10.0 Å². The largest absolute Gasteiger partial charge is 0.398 e. The van der Waals surface area contributed by atoms with Gasteiger partial charge in [0.15, 0.2) is 0 Å². The molecule has 0 bridgehead atoms. The molecule has 1 aromatic rings. The normalized spacial score (nSPS) is 16.2. The van der Waals surface area contributed by atoms with E-state index in [2.05, 4.69) is 0 Å². The number of sulfonamides is 1. The molecule has 0 radical (unpaired) electrons. The first kappa shape index (κ1) is 13.4. The van der Waals surface area contributed by atoms with Gasteiger partial charge in [-0.05, 0) is 43.9 Å². The molecule has 18 heavy (non-hydrogen) atoms. The fraction of sp³-hybridized carbons (Fsp3) is 0.538. The molecule has 0 atom stereocenters. The summed E-state index contributed by atoms with van der Waals surface area (Å²) in [6.45, 7) is 6.09. The topological polar surface area (TPSA) is 63.4 Å². The predicted octanol–water partition coefficient (Wildman–Crippen LogP) is 2.06. The van der Waals surface area contributed by atoms with Gasteiger partial charge in [-0.3, -0.25) is 0 Å². The summed E-state index contributed by atoms with van der Waals surface area (Å²) in [5, 5.41) is 0. The molecule has 1 aromatic carbocycles. The Balaban J connectivity index is 2.56. The van der Waals surface area contributed by atoms with Gasteiger partial charge in [-0.2, -0.15) is 4.31 Å². The molecule has 1 aliphatic rings. The van der Waals surface area contributed by atoms with Gasteiger partial charge in [0.2, 0.25) is 10.0 Å². The van der Waals surface area contributed by atoms with Gasteiger partial charge in [0.1, 0.15) is 4.90 Å². The third kappa shape index (κ3) is 2.12. The van der Waals surface area contributed by atoms with Gasteiger partial charge in [-0.15, -0.1) is 0 Å². The van der Waals surface area contributed by atoms with Crippen LogP contribution in [0.1, 0.15) is 30.9 Å². The first-order valence-electron chi connectivity index (χ1n) is 6.27. The van der Waals surface area contributed by atoms with Gasteiger partial charge in [0, 0.05) is 12.6 Å². The molecule has 0 unspecified atom stereocenters. The summed E-state index contributed by atoms with van der Waals surface area (Å²) in [5.41, 5.74) is 7.94. The van der Waals surface area contributed by atoms with Crippen LogP contribution in [0.25, 0.3) is 0 Å². The first-order valence-corrected chi connectivity index (χ1v) is 7.71. The fourth-order valence-electron chi connectivity index (χ4n) is 2.26. The minimum Gasteiger partial charge on any atom is -0.398 e. The molecule has 4 nitrogen and oxygen atoms in total. The van der Waals surface area contributed by atoms with Gasteiger partial charge in [-0.1, -0.05) is 13.0 Å². The van der Waals surface area contributed by atoms with Crippen molar-refractivity contribution in [3.63, 3.8) is 0 Å². The maximum Gasteiger partial charge on any atom is 0.245 e. The van der Waals surface area contributed by atoms with E-state index in [1.165, 1.54) is 0 Å². The van der Waals surface area contributed by atoms with E-state index in [9.17, 15) is 8.42 Å². The van der Waals surface area contributed by atoms with Crippen LogP contribution in [0.4, 0.5) is 5.69 Å². The van der Waals surface area contributed by atoms with Gasteiger partial charge in [-0.25, -0.2) is 8.42 Å². The van der Waals surface area contributed by atoms with Gasteiger partial charge < -0.3 is 5.73 Å². The zero-order valence-corrected chi connectivity index (χ0v) is 11.9. The Hall–Kier alpha value is -1.07. The third-order valence-corrected chi connectivity index (χ3v) is 5.77. The van der Waals surface area contributed by atoms with Crippen LogP contribution in [0.3, 0.4) is 0 Å². The van der Waals surface area contributed by atoms with Crippen LogP contribution in [-0.4, -0.2) is 25.3 Å². The Morgan fingerprint density at radius 2 is 1.94 bits per heavy atom. The summed E-state index contributed by atoms with van der Waals surface area (Å²) in [5.74, 6) is 0. The van der Waals surface area contributed by atoms with Crippen LogP contribution in [0.2, 0.25) is 0 Å². The lowest BCUT2D eigenvalue weighted by atomic mass is 10.1. The van der Waals surface area contributed by atoms with Crippen molar-refractivity contribution >= 4 is 15.7 Å². The van der Waals surface area contributed by atoms with Crippen molar-refractivity contribution < 1.29 is 8.42 Å². The second kappa shape index (κ2) is 4.55. The van der Waals surface area contributed by atoms with Crippen LogP contribution in [-0.2, 0) is 10.0 Å². The molecule has 1 fully saturated rings. The van der Waals surface area contributed by atoms with Crippen LogP contribution in [0.15, 0.2) is 17.0 Å². The third-order valence-electron chi connectivity index (χ3n) is 3.54. The van der Waals surface area contributed by atoms with Crippen LogP contribution in [0, 0.1) is 13.8 Å². The molecule has 100 valence electrons. The van der Waals surface area contributed by atoms with E-state index in [0.29, 0.717) is 12.2 Å². The first-order chi connectivity index (χ1) is 8.39. The summed E-state index contributed by atoms with van der Waals surface area (Å²) in [4.78, 5) is 0.288. The Labute approximate surface area is 109 Å². The molecule has 5 heteroatoms. The quantitative estimate of drug-likeness (QED) is 0.850. The summed E-state index contributed by atoms with van der Waals surface area (Å²) in [7, 11) is -3.46. The van der Waals surface area contributed by atoms with E-state index in [0.717, 1.165) is 24.0 Å². The number of benzene rings is 1. The van der Waals surface area contributed by atoms with E-state index in [1.54, 1.807) is 10.4 Å². The summed E-state index contributed by atoms with van der Waals surface area (Å²) >= 11 is 0. The van der Waals surface area contributed by atoms with Crippen molar-refractivity contribution in [2.45, 2.75) is 44.6 Å². The highest BCUT2D eigenvalue weighted by molar-refractivity contribution is 7.89. The Bertz CT molecular complexity index is 563. The SMILES string of the molecule is CCN(C1CC1)S(=O)(=O)c1c(N)ccc(C)c1C. The minimum atomic E-state index is -3.46. The second-order valence-corrected chi connectivity index (χ2v) is 6.69. The number of nitrogens with two attached hydrogens (primary N) is 1. The number of rotatable bonds is 4. The smallest absolute Gasteiger partial charge is 0.245 e. The predicted molar refractivity (Wildman–Crippen MR) is 72.9 cm³/mol. The van der Waals surface area contributed by atoms with Crippen molar-refractivity contribution in [2.24, 2.45) is 0 Å². The van der Waals surface area contributed by atoms with Crippen LogP contribution < -0.4 is 5.73 Å². The maximum atomic E-state index is 12.7.